The number of hydrogen-bond acceptors (Lipinski definition) is 3. The van der Waals surface area contributed by atoms with Gasteiger partial charge in [-0.1, -0.05) is 67.6 Å². The first-order valence-corrected chi connectivity index (χ1v) is 8.78. The maximum absolute atomic E-state index is 13.4. The molecule has 26 heavy (non-hydrogen) atoms. The highest BCUT2D eigenvalue weighted by atomic mass is 16.1. The van der Waals surface area contributed by atoms with Gasteiger partial charge in [-0.2, -0.15) is 0 Å². The molecule has 1 aliphatic rings. The van der Waals surface area contributed by atoms with Crippen molar-refractivity contribution in [1.82, 2.24) is 4.90 Å². The predicted octanol–water partition coefficient (Wildman–Crippen LogP) is 4.73. The molecule has 0 spiro atoms. The molecule has 0 aliphatic carbocycles. The van der Waals surface area contributed by atoms with Crippen molar-refractivity contribution in [3.63, 3.8) is 0 Å². The molecule has 1 unspecified atom stereocenters. The zero-order chi connectivity index (χ0) is 18.8. The molecule has 2 aromatic rings. The van der Waals surface area contributed by atoms with Gasteiger partial charge in [-0.15, -0.1) is 0 Å². The molecule has 3 nitrogen and oxygen atoms in total. The van der Waals surface area contributed by atoms with Gasteiger partial charge in [0, 0.05) is 35.4 Å². The molecule has 3 heteroatoms. The van der Waals surface area contributed by atoms with Crippen LogP contribution in [0.1, 0.15) is 36.7 Å². The number of nitrogens with zero attached hydrogens (tertiary/aromatic N) is 1. The van der Waals surface area contributed by atoms with Crippen LogP contribution < -0.4 is 0 Å². The van der Waals surface area contributed by atoms with Gasteiger partial charge in [-0.3, -0.25) is 9.59 Å². The minimum atomic E-state index is -0.258. The first-order chi connectivity index (χ1) is 12.4. The summed E-state index contributed by atoms with van der Waals surface area (Å²) in [6.45, 7) is 5.47. The summed E-state index contributed by atoms with van der Waals surface area (Å²) in [5, 5.41) is 0. The number of allylic oxidation sites excluding steroid dienone is 3. The van der Waals surface area contributed by atoms with Crippen LogP contribution in [0.2, 0.25) is 0 Å². The number of hydrogen-bond donors (Lipinski definition) is 0. The highest BCUT2D eigenvalue weighted by molar-refractivity contribution is 6.15. The Balaban J connectivity index is 2.26. The number of rotatable bonds is 4. The van der Waals surface area contributed by atoms with Crippen LogP contribution in [0.4, 0.5) is 0 Å². The maximum atomic E-state index is 13.4. The maximum Gasteiger partial charge on any atom is 0.191 e. The smallest absolute Gasteiger partial charge is 0.191 e. The number of ketones is 2. The lowest BCUT2D eigenvalue weighted by Crippen LogP contribution is -2.32. The normalized spacial score (nSPS) is 17.5. The summed E-state index contributed by atoms with van der Waals surface area (Å²) >= 11 is 0. The van der Waals surface area contributed by atoms with Gasteiger partial charge in [-0.25, -0.2) is 0 Å². The second-order valence-electron chi connectivity index (χ2n) is 6.66. The number of carbonyl (C=O) groups excluding carboxylic acids is 2. The van der Waals surface area contributed by atoms with E-state index in [0.717, 1.165) is 17.0 Å². The van der Waals surface area contributed by atoms with Crippen molar-refractivity contribution in [3.05, 3.63) is 88.6 Å². The van der Waals surface area contributed by atoms with Gasteiger partial charge in [0.25, 0.3) is 0 Å². The molecule has 1 heterocycles. The topological polar surface area (TPSA) is 37.4 Å². The molecule has 0 amide bonds. The van der Waals surface area contributed by atoms with E-state index in [-0.39, 0.29) is 17.5 Å². The third kappa shape index (κ3) is 3.01. The Kier molecular flexibility index (Phi) is 4.90. The molecule has 132 valence electrons. The third-order valence-corrected chi connectivity index (χ3v) is 5.06. The average molecular weight is 345 g/mol. The van der Waals surface area contributed by atoms with E-state index in [4.69, 9.17) is 0 Å². The van der Waals surface area contributed by atoms with E-state index in [1.807, 2.05) is 86.5 Å². The lowest BCUT2D eigenvalue weighted by Gasteiger charge is -2.36. The highest BCUT2D eigenvalue weighted by Gasteiger charge is 2.35. The van der Waals surface area contributed by atoms with E-state index in [2.05, 4.69) is 0 Å². The monoisotopic (exact) mass is 345 g/mol. The summed E-state index contributed by atoms with van der Waals surface area (Å²) in [6, 6.07) is 19.2. The SMILES string of the molecule is CC(=O)C1=C(C)N(C)C(c2ccccc2)=C(C(=O)c2ccccc2)C1C. The molecular weight excluding hydrogens is 322 g/mol. The minimum Gasteiger partial charge on any atom is -0.347 e. The molecular formula is C23H23NO2. The molecule has 0 aromatic heterocycles. The molecule has 3 rings (SSSR count). The third-order valence-electron chi connectivity index (χ3n) is 5.06. The van der Waals surface area contributed by atoms with Crippen molar-refractivity contribution < 1.29 is 9.59 Å². The molecule has 2 aromatic carbocycles. The van der Waals surface area contributed by atoms with Gasteiger partial charge in [0.05, 0.1) is 5.70 Å². The van der Waals surface area contributed by atoms with E-state index in [1.54, 1.807) is 6.92 Å². The van der Waals surface area contributed by atoms with Gasteiger partial charge >= 0.3 is 0 Å². The Hall–Kier alpha value is -2.94. The van der Waals surface area contributed by atoms with E-state index in [9.17, 15) is 9.59 Å². The van der Waals surface area contributed by atoms with Crippen LogP contribution in [0, 0.1) is 5.92 Å². The standard InChI is InChI=1S/C23H23NO2/c1-15-20(17(3)25)16(2)24(4)22(18-11-7-5-8-12-18)21(15)23(26)19-13-9-6-10-14-19/h5-15H,1-4H3. The van der Waals surface area contributed by atoms with Crippen molar-refractivity contribution in [2.75, 3.05) is 7.05 Å². The van der Waals surface area contributed by atoms with Crippen LogP contribution in [-0.4, -0.2) is 23.5 Å². The summed E-state index contributed by atoms with van der Waals surface area (Å²) in [7, 11) is 1.92. The molecule has 0 saturated heterocycles. The van der Waals surface area contributed by atoms with E-state index in [1.165, 1.54) is 0 Å². The number of Topliss-reactive ketones (excluding diaryl/α,β-unsaturated/α-hetero) is 2. The second-order valence-corrected chi connectivity index (χ2v) is 6.66. The van der Waals surface area contributed by atoms with Crippen LogP contribution in [0.3, 0.4) is 0 Å². The zero-order valence-electron chi connectivity index (χ0n) is 15.6. The summed E-state index contributed by atoms with van der Waals surface area (Å²) < 4.78 is 0. The molecule has 0 fully saturated rings. The van der Waals surface area contributed by atoms with E-state index >= 15 is 0 Å². The van der Waals surface area contributed by atoms with Gasteiger partial charge in [0.15, 0.2) is 11.6 Å². The van der Waals surface area contributed by atoms with E-state index in [0.29, 0.717) is 16.7 Å². The van der Waals surface area contributed by atoms with Gasteiger partial charge in [0.2, 0.25) is 0 Å². The highest BCUT2D eigenvalue weighted by Crippen LogP contribution is 2.40. The molecule has 0 bridgehead atoms. The van der Waals surface area contributed by atoms with Crippen LogP contribution in [0.15, 0.2) is 77.5 Å². The molecule has 1 atom stereocenters. The van der Waals surface area contributed by atoms with E-state index < -0.39 is 0 Å². The first kappa shape index (κ1) is 17.9. The second kappa shape index (κ2) is 7.12. The molecule has 0 saturated carbocycles. The molecule has 0 radical (unpaired) electrons. The van der Waals surface area contributed by atoms with Crippen LogP contribution in [0.5, 0.6) is 0 Å². The Morgan fingerprint density at radius 2 is 1.42 bits per heavy atom. The van der Waals surface area contributed by atoms with Gasteiger partial charge in [-0.05, 0) is 19.4 Å². The summed E-state index contributed by atoms with van der Waals surface area (Å²) in [6.07, 6.45) is 0. The summed E-state index contributed by atoms with van der Waals surface area (Å²) in [5.41, 5.74) is 4.75. The van der Waals surface area contributed by atoms with Crippen LogP contribution >= 0.6 is 0 Å². The van der Waals surface area contributed by atoms with Crippen LogP contribution in [-0.2, 0) is 4.79 Å². The number of benzene rings is 2. The Morgan fingerprint density at radius 3 is 1.96 bits per heavy atom. The fraction of sp³-hybridized carbons (Fsp3) is 0.217. The average Bonchev–Trinajstić information content (AvgIpc) is 2.65. The lowest BCUT2D eigenvalue weighted by molar-refractivity contribution is -0.114. The molecule has 1 aliphatic heterocycles. The Bertz CT molecular complexity index is 908. The van der Waals surface area contributed by atoms with Crippen molar-refractivity contribution in [1.29, 1.82) is 0 Å². The zero-order valence-corrected chi connectivity index (χ0v) is 15.6. The Labute approximate surface area is 154 Å². The van der Waals surface area contributed by atoms with Crippen molar-refractivity contribution in [2.24, 2.45) is 5.92 Å². The van der Waals surface area contributed by atoms with Gasteiger partial charge < -0.3 is 4.90 Å². The quantitative estimate of drug-likeness (QED) is 0.752. The van der Waals surface area contributed by atoms with Crippen molar-refractivity contribution in [2.45, 2.75) is 20.8 Å². The van der Waals surface area contributed by atoms with Crippen molar-refractivity contribution >= 4 is 17.3 Å². The fourth-order valence-electron chi connectivity index (χ4n) is 3.75. The lowest BCUT2D eigenvalue weighted by atomic mass is 9.79. The Morgan fingerprint density at radius 1 is 0.885 bits per heavy atom. The first-order valence-electron chi connectivity index (χ1n) is 8.78. The predicted molar refractivity (Wildman–Crippen MR) is 104 cm³/mol. The minimum absolute atomic E-state index is 0.00678. The summed E-state index contributed by atoms with van der Waals surface area (Å²) in [5.74, 6) is -0.283. The van der Waals surface area contributed by atoms with Gasteiger partial charge in [0.1, 0.15) is 0 Å². The van der Waals surface area contributed by atoms with Crippen molar-refractivity contribution in [3.8, 4) is 0 Å². The summed E-state index contributed by atoms with van der Waals surface area (Å²) in [4.78, 5) is 27.7. The molecule has 0 N–H and O–H groups in total. The number of carbonyl (C=O) groups is 2. The fourth-order valence-corrected chi connectivity index (χ4v) is 3.75. The van der Waals surface area contributed by atoms with Crippen LogP contribution in [0.25, 0.3) is 5.70 Å². The largest absolute Gasteiger partial charge is 0.347 e.